The van der Waals surface area contributed by atoms with Gasteiger partial charge in [0.1, 0.15) is 11.4 Å². The lowest BCUT2D eigenvalue weighted by molar-refractivity contribution is -0.432. The van der Waals surface area contributed by atoms with Crippen molar-refractivity contribution >= 4 is 28.8 Å². The third kappa shape index (κ3) is 2.98. The van der Waals surface area contributed by atoms with Gasteiger partial charge in [-0.1, -0.05) is 11.1 Å². The van der Waals surface area contributed by atoms with Crippen LogP contribution in [-0.4, -0.2) is 31.2 Å². The second-order valence-electron chi connectivity index (χ2n) is 4.72. The molecule has 4 N–H and O–H groups in total. The van der Waals surface area contributed by atoms with Crippen molar-refractivity contribution in [3.8, 4) is 11.4 Å². The topological polar surface area (TPSA) is 134 Å². The Morgan fingerprint density at radius 1 is 1.21 bits per heavy atom. The van der Waals surface area contributed by atoms with Gasteiger partial charge in [0.2, 0.25) is 0 Å². The number of nitrogens with one attached hydrogen (secondary N) is 1. The molecular weight excluding hydrogens is 340 g/mol. The van der Waals surface area contributed by atoms with Crippen LogP contribution in [0, 0.1) is 0 Å². The summed E-state index contributed by atoms with van der Waals surface area (Å²) in [6, 6.07) is 8.65. The zero-order valence-corrected chi connectivity index (χ0v) is 12.6. The normalized spacial score (nSPS) is 11.0. The molecule has 0 aliphatic heterocycles. The number of H-pyrrole nitrogens is 1. The van der Waals surface area contributed by atoms with E-state index in [0.717, 1.165) is 10.7 Å². The van der Waals surface area contributed by atoms with Gasteiger partial charge in [0.25, 0.3) is 5.56 Å². The minimum atomic E-state index is -1.28. The van der Waals surface area contributed by atoms with E-state index in [0.29, 0.717) is 33.4 Å². The van der Waals surface area contributed by atoms with Gasteiger partial charge in [-0.2, -0.15) is 0 Å². The maximum atomic E-state index is 12.1. The van der Waals surface area contributed by atoms with Crippen LogP contribution in [0.1, 0.15) is 10.5 Å². The number of hydrogen-bond acceptors (Lipinski definition) is 7. The first-order valence-electron chi connectivity index (χ1n) is 6.47. The number of phenols is 1. The smallest absolute Gasteiger partial charge is 0.353 e. The van der Waals surface area contributed by atoms with Gasteiger partial charge in [-0.25, -0.2) is 14.7 Å². The average Bonchev–Trinajstić information content (AvgIpc) is 2.94. The molecule has 0 saturated carbocycles. The standard InChI is InChI=1S/C14H10N2O7S/c17-8-2-1-7-3-9(24-23-22-21)5-12(10(7)4-8)16-13(18)6-11(15-16)14(19)20/h1-6,15,17,21H,(H,19,20). The molecule has 3 rings (SSSR count). The fraction of sp³-hybridized carbons (Fsp3) is 0. The number of nitrogens with zero attached hydrogens (tertiary/aromatic N) is 1. The van der Waals surface area contributed by atoms with Gasteiger partial charge in [0.05, 0.1) is 17.7 Å². The Kier molecular flexibility index (Phi) is 4.27. The molecule has 1 heterocycles. The monoisotopic (exact) mass is 350 g/mol. The van der Waals surface area contributed by atoms with Crippen molar-refractivity contribution in [3.05, 3.63) is 52.4 Å². The van der Waals surface area contributed by atoms with E-state index in [4.69, 9.17) is 10.4 Å². The van der Waals surface area contributed by atoms with Crippen LogP contribution in [0.5, 0.6) is 5.75 Å². The van der Waals surface area contributed by atoms with Gasteiger partial charge in [0, 0.05) is 16.3 Å². The number of aromatic nitrogens is 2. The fourth-order valence-electron chi connectivity index (χ4n) is 2.27. The van der Waals surface area contributed by atoms with E-state index in [1.54, 1.807) is 12.1 Å². The van der Waals surface area contributed by atoms with Gasteiger partial charge >= 0.3 is 5.97 Å². The molecule has 3 aromatic rings. The van der Waals surface area contributed by atoms with Crippen LogP contribution in [0.15, 0.2) is 46.1 Å². The third-order valence-corrected chi connectivity index (χ3v) is 3.80. The zero-order chi connectivity index (χ0) is 17.3. The highest BCUT2D eigenvalue weighted by Crippen LogP contribution is 2.31. The Morgan fingerprint density at radius 3 is 2.67 bits per heavy atom. The highest BCUT2D eigenvalue weighted by atomic mass is 32.2. The first-order valence-corrected chi connectivity index (χ1v) is 7.21. The van der Waals surface area contributed by atoms with Crippen LogP contribution in [0.2, 0.25) is 0 Å². The second-order valence-corrected chi connectivity index (χ2v) is 5.50. The van der Waals surface area contributed by atoms with Crippen LogP contribution >= 0.6 is 12.0 Å². The molecule has 2 aromatic carbocycles. The van der Waals surface area contributed by atoms with E-state index in [1.807, 2.05) is 0 Å². The molecule has 24 heavy (non-hydrogen) atoms. The molecule has 0 spiro atoms. The van der Waals surface area contributed by atoms with Gasteiger partial charge in [0.15, 0.2) is 0 Å². The SMILES string of the molecule is O=C(O)c1cc(=O)n(-c2cc(SOOO)cc3ccc(O)cc23)[nH]1. The summed E-state index contributed by atoms with van der Waals surface area (Å²) in [5, 5.41) is 34.2. The molecule has 1 aromatic heterocycles. The molecule has 0 saturated heterocycles. The number of fused-ring (bicyclic) bond motifs is 1. The summed E-state index contributed by atoms with van der Waals surface area (Å²) in [4.78, 5) is 23.6. The van der Waals surface area contributed by atoms with E-state index in [9.17, 15) is 14.7 Å². The summed E-state index contributed by atoms with van der Waals surface area (Å²) in [7, 11) is 0. The first kappa shape index (κ1) is 16.1. The lowest BCUT2D eigenvalue weighted by Crippen LogP contribution is -2.14. The molecule has 0 amide bonds. The highest BCUT2D eigenvalue weighted by Gasteiger charge is 2.14. The minimum absolute atomic E-state index is 0.0165. The second kappa shape index (κ2) is 6.37. The van der Waals surface area contributed by atoms with Crippen LogP contribution in [0.3, 0.4) is 0 Å². The van der Waals surface area contributed by atoms with Gasteiger partial charge in [-0.05, 0) is 29.7 Å². The van der Waals surface area contributed by atoms with Crippen molar-refractivity contribution in [1.82, 2.24) is 9.78 Å². The summed E-state index contributed by atoms with van der Waals surface area (Å²) in [5.41, 5.74) is -0.565. The van der Waals surface area contributed by atoms with Crippen LogP contribution in [0.4, 0.5) is 0 Å². The Morgan fingerprint density at radius 2 is 2.00 bits per heavy atom. The summed E-state index contributed by atoms with van der Waals surface area (Å²) in [6.45, 7) is 0. The number of phenolic OH excluding ortho intramolecular Hbond substituents is 1. The van der Waals surface area contributed by atoms with Gasteiger partial charge < -0.3 is 10.2 Å². The summed E-state index contributed by atoms with van der Waals surface area (Å²) < 4.78 is 5.42. The molecule has 9 nitrogen and oxygen atoms in total. The van der Waals surface area contributed by atoms with E-state index < -0.39 is 11.5 Å². The number of carboxylic acids is 1. The summed E-state index contributed by atoms with van der Waals surface area (Å²) in [6.07, 6.45) is 0. The maximum Gasteiger partial charge on any atom is 0.353 e. The molecule has 0 unspecified atom stereocenters. The van der Waals surface area contributed by atoms with Crippen LogP contribution in [0.25, 0.3) is 16.5 Å². The molecule has 0 aliphatic carbocycles. The van der Waals surface area contributed by atoms with Crippen molar-refractivity contribution in [2.45, 2.75) is 4.90 Å². The fourth-order valence-corrected chi connectivity index (χ4v) is 2.72. The number of aromatic hydroxyl groups is 1. The van der Waals surface area contributed by atoms with Crippen molar-refractivity contribution < 1.29 is 29.6 Å². The highest BCUT2D eigenvalue weighted by molar-refractivity contribution is 7.94. The number of rotatable bonds is 5. The molecular formula is C14H10N2O7S. The van der Waals surface area contributed by atoms with E-state index in [1.165, 1.54) is 18.2 Å². The van der Waals surface area contributed by atoms with E-state index >= 15 is 0 Å². The lowest BCUT2D eigenvalue weighted by atomic mass is 10.1. The van der Waals surface area contributed by atoms with Crippen molar-refractivity contribution in [2.75, 3.05) is 0 Å². The molecule has 0 atom stereocenters. The molecule has 0 aliphatic rings. The Labute approximate surface area is 137 Å². The molecule has 0 fully saturated rings. The minimum Gasteiger partial charge on any atom is -0.508 e. The van der Waals surface area contributed by atoms with Gasteiger partial charge in [-0.15, -0.1) is 4.33 Å². The maximum absolute atomic E-state index is 12.1. The lowest BCUT2D eigenvalue weighted by Gasteiger charge is -2.10. The summed E-state index contributed by atoms with van der Waals surface area (Å²) >= 11 is 0.687. The van der Waals surface area contributed by atoms with E-state index in [2.05, 4.69) is 14.5 Å². The molecule has 0 bridgehead atoms. The number of aromatic carboxylic acids is 1. The summed E-state index contributed by atoms with van der Waals surface area (Å²) in [5.74, 6) is -1.29. The number of aromatic amines is 1. The van der Waals surface area contributed by atoms with Crippen molar-refractivity contribution in [1.29, 1.82) is 0 Å². The first-order chi connectivity index (χ1) is 11.5. The Hall–Kier alpha value is -2.79. The quantitative estimate of drug-likeness (QED) is 0.312. The number of hydrogen-bond donors (Lipinski definition) is 4. The third-order valence-electron chi connectivity index (χ3n) is 3.24. The van der Waals surface area contributed by atoms with Gasteiger partial charge in [-0.3, -0.25) is 9.89 Å². The Balaban J connectivity index is 2.26. The Bertz CT molecular complexity index is 979. The number of benzene rings is 2. The van der Waals surface area contributed by atoms with Crippen LogP contribution < -0.4 is 5.56 Å². The average molecular weight is 350 g/mol. The van der Waals surface area contributed by atoms with E-state index in [-0.39, 0.29) is 11.4 Å². The van der Waals surface area contributed by atoms with Crippen molar-refractivity contribution in [3.63, 3.8) is 0 Å². The molecule has 124 valence electrons. The van der Waals surface area contributed by atoms with Crippen molar-refractivity contribution in [2.24, 2.45) is 0 Å². The number of carboxylic acid groups (broad SMARTS) is 1. The largest absolute Gasteiger partial charge is 0.508 e. The number of carbonyl (C=O) groups is 1. The predicted molar refractivity (Wildman–Crippen MR) is 83.2 cm³/mol. The molecule has 10 heteroatoms. The van der Waals surface area contributed by atoms with Crippen LogP contribution in [-0.2, 0) is 9.37 Å². The predicted octanol–water partition coefficient (Wildman–Crippen LogP) is 2.15. The molecule has 0 radical (unpaired) electrons. The zero-order valence-electron chi connectivity index (χ0n) is 11.8.